The summed E-state index contributed by atoms with van der Waals surface area (Å²) < 4.78 is 0.273. The lowest BCUT2D eigenvalue weighted by atomic mass is 10.5. The van der Waals surface area contributed by atoms with Gasteiger partial charge in [0.05, 0.1) is 0 Å². The molecule has 1 nitrogen and oxygen atoms in total. The third-order valence-electron chi connectivity index (χ3n) is 0.776. The molecule has 0 amide bonds. The maximum atomic E-state index is 3.61. The number of rotatable bonds is 4. The fourth-order valence-corrected chi connectivity index (χ4v) is 1.49. The summed E-state index contributed by atoms with van der Waals surface area (Å²) in [5.74, 6) is 0. The zero-order chi connectivity index (χ0) is 7.33. The van der Waals surface area contributed by atoms with Crippen molar-refractivity contribution in [3.8, 4) is 0 Å². The minimum atomic E-state index is 0.273. The molecule has 0 saturated heterocycles. The summed E-state index contributed by atoms with van der Waals surface area (Å²) in [5.41, 5.74) is 0. The first kappa shape index (κ1) is 9.39. The number of nitrogens with one attached hydrogen (secondary N) is 1. The molecule has 0 spiro atoms. The molecular weight excluding hydrogens is 142 g/mol. The summed E-state index contributed by atoms with van der Waals surface area (Å²) in [7, 11) is 4.42. The molecule has 3 heteroatoms. The molecule has 0 aromatic rings. The van der Waals surface area contributed by atoms with Gasteiger partial charge in [-0.1, -0.05) is 20.8 Å². The van der Waals surface area contributed by atoms with Gasteiger partial charge in [0, 0.05) is 10.2 Å². The minimum absolute atomic E-state index is 0.273. The van der Waals surface area contributed by atoms with E-state index in [-0.39, 0.29) is 4.66 Å². The summed E-state index contributed by atoms with van der Waals surface area (Å²) in [6.45, 7) is 7.65. The standard InChI is InChI=1S/C6H14NSi2/c1-4-5-7-9-6(2,3)8/h7H,4-5H2,1-3H3. The first-order valence-electron chi connectivity index (χ1n) is 3.31. The van der Waals surface area contributed by atoms with Crippen molar-refractivity contribution < 1.29 is 0 Å². The van der Waals surface area contributed by atoms with Gasteiger partial charge in [-0.2, -0.15) is 0 Å². The van der Waals surface area contributed by atoms with Gasteiger partial charge >= 0.3 is 0 Å². The molecule has 0 heterocycles. The Bertz CT molecular complexity index is 67.9. The second kappa shape index (κ2) is 4.25. The highest BCUT2D eigenvalue weighted by Gasteiger charge is 2.10. The van der Waals surface area contributed by atoms with Gasteiger partial charge in [0.2, 0.25) is 0 Å². The van der Waals surface area contributed by atoms with Crippen LogP contribution in [0, 0.1) is 0 Å². The monoisotopic (exact) mass is 156 g/mol. The van der Waals surface area contributed by atoms with Gasteiger partial charge in [-0.05, 0) is 17.6 Å². The van der Waals surface area contributed by atoms with Crippen molar-refractivity contribution in [3.05, 3.63) is 0 Å². The van der Waals surface area contributed by atoms with Crippen LogP contribution in [0.25, 0.3) is 0 Å². The molecule has 0 aromatic carbocycles. The fourth-order valence-electron chi connectivity index (χ4n) is 0.408. The largest absolute Gasteiger partial charge is 0.339 e. The fraction of sp³-hybridized carbons (Fsp3) is 1.00. The lowest BCUT2D eigenvalue weighted by Crippen LogP contribution is -2.29. The Hall–Kier alpha value is 0.394. The predicted molar refractivity (Wildman–Crippen MR) is 43.8 cm³/mol. The maximum Gasteiger partial charge on any atom is 0.141 e. The first-order chi connectivity index (χ1) is 4.06. The van der Waals surface area contributed by atoms with Gasteiger partial charge in [-0.3, -0.25) is 0 Å². The number of hydrogen-bond acceptors (Lipinski definition) is 1. The van der Waals surface area contributed by atoms with Crippen molar-refractivity contribution in [1.82, 2.24) is 4.98 Å². The Kier molecular flexibility index (Phi) is 4.43. The quantitative estimate of drug-likeness (QED) is 0.472. The van der Waals surface area contributed by atoms with Crippen LogP contribution in [-0.4, -0.2) is 26.5 Å². The predicted octanol–water partition coefficient (Wildman–Crippen LogP) is 0.930. The lowest BCUT2D eigenvalue weighted by molar-refractivity contribution is 0.825. The van der Waals surface area contributed by atoms with E-state index in [0.29, 0.717) is 0 Å². The van der Waals surface area contributed by atoms with E-state index in [1.54, 1.807) is 0 Å². The Morgan fingerprint density at radius 3 is 2.44 bits per heavy atom. The molecule has 9 heavy (non-hydrogen) atoms. The first-order valence-corrected chi connectivity index (χ1v) is 4.81. The molecule has 0 saturated carbocycles. The van der Waals surface area contributed by atoms with Crippen LogP contribution in [0.4, 0.5) is 0 Å². The van der Waals surface area contributed by atoms with Crippen molar-refractivity contribution >= 4 is 19.9 Å². The Balaban J connectivity index is 3.07. The van der Waals surface area contributed by atoms with Crippen molar-refractivity contribution in [3.63, 3.8) is 0 Å². The van der Waals surface area contributed by atoms with Gasteiger partial charge < -0.3 is 4.98 Å². The summed E-state index contributed by atoms with van der Waals surface area (Å²) in [6, 6.07) is 0. The van der Waals surface area contributed by atoms with Crippen molar-refractivity contribution in [2.24, 2.45) is 0 Å². The maximum absolute atomic E-state index is 3.61. The molecule has 1 N–H and O–H groups in total. The highest BCUT2D eigenvalue weighted by molar-refractivity contribution is 6.51. The highest BCUT2D eigenvalue weighted by atomic mass is 28.3. The molecule has 0 aliphatic rings. The van der Waals surface area contributed by atoms with Crippen molar-refractivity contribution in [2.45, 2.75) is 31.9 Å². The summed E-state index contributed by atoms with van der Waals surface area (Å²) >= 11 is 0. The van der Waals surface area contributed by atoms with E-state index in [2.05, 4.69) is 36.0 Å². The molecule has 0 unspecified atom stereocenters. The van der Waals surface area contributed by atoms with E-state index < -0.39 is 0 Å². The second-order valence-corrected chi connectivity index (χ2v) is 6.28. The Morgan fingerprint density at radius 2 is 2.11 bits per heavy atom. The van der Waals surface area contributed by atoms with E-state index in [1.165, 1.54) is 6.42 Å². The van der Waals surface area contributed by atoms with Crippen molar-refractivity contribution in [1.29, 1.82) is 0 Å². The van der Waals surface area contributed by atoms with Gasteiger partial charge in [0.15, 0.2) is 0 Å². The summed E-state index contributed by atoms with van der Waals surface area (Å²) in [5, 5.41) is 0. The van der Waals surface area contributed by atoms with Crippen LogP contribution in [0.2, 0.25) is 4.66 Å². The van der Waals surface area contributed by atoms with Crippen LogP contribution in [0.5, 0.6) is 0 Å². The van der Waals surface area contributed by atoms with Crippen LogP contribution in [0.15, 0.2) is 0 Å². The van der Waals surface area contributed by atoms with Crippen molar-refractivity contribution in [2.75, 3.05) is 6.54 Å². The lowest BCUT2D eigenvalue weighted by Gasteiger charge is -2.15. The molecule has 0 bridgehead atoms. The van der Waals surface area contributed by atoms with Crippen LogP contribution in [-0.2, 0) is 0 Å². The molecule has 51 valence electrons. The van der Waals surface area contributed by atoms with Crippen LogP contribution in [0.1, 0.15) is 27.2 Å². The van der Waals surface area contributed by atoms with Crippen LogP contribution in [0.3, 0.4) is 0 Å². The zero-order valence-corrected chi connectivity index (χ0v) is 8.41. The van der Waals surface area contributed by atoms with E-state index in [0.717, 1.165) is 16.2 Å². The topological polar surface area (TPSA) is 12.0 Å². The molecule has 0 fully saturated rings. The molecule has 0 aromatic heterocycles. The van der Waals surface area contributed by atoms with Gasteiger partial charge in [0.25, 0.3) is 0 Å². The average molecular weight is 156 g/mol. The molecular formula is C6H14NSi2. The third-order valence-corrected chi connectivity index (χ3v) is 2.20. The van der Waals surface area contributed by atoms with E-state index in [4.69, 9.17) is 0 Å². The SMILES string of the molecule is CCCN[Si]C(C)(C)[Si]. The van der Waals surface area contributed by atoms with E-state index >= 15 is 0 Å². The molecule has 0 atom stereocenters. The molecule has 0 rings (SSSR count). The highest BCUT2D eigenvalue weighted by Crippen LogP contribution is 2.12. The average Bonchev–Trinajstić information content (AvgIpc) is 1.63. The van der Waals surface area contributed by atoms with E-state index in [1.807, 2.05) is 0 Å². The van der Waals surface area contributed by atoms with Crippen LogP contribution < -0.4 is 4.98 Å². The minimum Gasteiger partial charge on any atom is -0.339 e. The van der Waals surface area contributed by atoms with Gasteiger partial charge in [-0.15, -0.1) is 0 Å². The third kappa shape index (κ3) is 8.39. The second-order valence-electron chi connectivity index (χ2n) is 2.68. The normalized spacial score (nSPS) is 12.0. The van der Waals surface area contributed by atoms with Gasteiger partial charge in [-0.25, -0.2) is 0 Å². The van der Waals surface area contributed by atoms with Gasteiger partial charge in [0.1, 0.15) is 9.68 Å². The molecule has 0 aliphatic heterocycles. The molecule has 5 radical (unpaired) electrons. The van der Waals surface area contributed by atoms with Crippen LogP contribution >= 0.6 is 0 Å². The number of hydrogen-bond donors (Lipinski definition) is 1. The smallest absolute Gasteiger partial charge is 0.141 e. The zero-order valence-electron chi connectivity index (χ0n) is 6.41. The van der Waals surface area contributed by atoms with E-state index in [9.17, 15) is 0 Å². The summed E-state index contributed by atoms with van der Waals surface area (Å²) in [6.07, 6.45) is 1.22. The Labute approximate surface area is 63.9 Å². The Morgan fingerprint density at radius 1 is 1.56 bits per heavy atom. The molecule has 0 aliphatic carbocycles. The summed E-state index contributed by atoms with van der Waals surface area (Å²) in [4.78, 5) is 3.35.